The van der Waals surface area contributed by atoms with Gasteiger partial charge in [0.05, 0.1) is 5.41 Å². The average molecular weight is 393 g/mol. The molecule has 6 nitrogen and oxygen atoms in total. The molecule has 2 fully saturated rings. The number of rotatable bonds is 5. The zero-order valence-electron chi connectivity index (χ0n) is 16.7. The van der Waals surface area contributed by atoms with Crippen molar-refractivity contribution in [1.29, 1.82) is 0 Å². The van der Waals surface area contributed by atoms with Gasteiger partial charge in [0.1, 0.15) is 0 Å². The molecule has 1 saturated carbocycles. The topological polar surface area (TPSA) is 72.9 Å². The Morgan fingerprint density at radius 2 is 1.90 bits per heavy atom. The molecule has 0 spiro atoms. The van der Waals surface area contributed by atoms with Gasteiger partial charge in [-0.15, -0.1) is 0 Å². The summed E-state index contributed by atoms with van der Waals surface area (Å²) in [5, 5.41) is 12.8. The number of amides is 2. The molecule has 0 bridgehead atoms. The quantitative estimate of drug-likeness (QED) is 0.804. The van der Waals surface area contributed by atoms with Crippen molar-refractivity contribution in [3.8, 4) is 0 Å². The van der Waals surface area contributed by atoms with Crippen LogP contribution in [0.1, 0.15) is 24.8 Å². The Hall–Kier alpha value is -3.02. The van der Waals surface area contributed by atoms with E-state index in [0.29, 0.717) is 26.1 Å². The number of likely N-dealkylation sites (tertiary alicyclic amines) is 1. The monoisotopic (exact) mass is 393 g/mol. The van der Waals surface area contributed by atoms with Gasteiger partial charge in [0, 0.05) is 38.1 Å². The van der Waals surface area contributed by atoms with Gasteiger partial charge in [-0.3, -0.25) is 4.79 Å². The first-order chi connectivity index (χ1) is 14.0. The second-order valence-electron chi connectivity index (χ2n) is 8.21. The third-order valence-electron chi connectivity index (χ3n) is 6.45. The molecule has 1 aliphatic carbocycles. The van der Waals surface area contributed by atoms with E-state index < -0.39 is 11.4 Å². The molecule has 152 valence electrons. The van der Waals surface area contributed by atoms with Crippen molar-refractivity contribution in [2.24, 2.45) is 11.3 Å². The number of fused-ring (bicyclic) bond motifs is 1. The molecule has 29 heavy (non-hydrogen) atoms. The molecule has 0 radical (unpaired) electrons. The maximum Gasteiger partial charge on any atom is 0.321 e. The fourth-order valence-corrected chi connectivity index (χ4v) is 4.80. The summed E-state index contributed by atoms with van der Waals surface area (Å²) >= 11 is 0. The lowest BCUT2D eigenvalue weighted by Crippen LogP contribution is -2.38. The van der Waals surface area contributed by atoms with E-state index >= 15 is 0 Å². The van der Waals surface area contributed by atoms with E-state index in [-0.39, 0.29) is 11.9 Å². The predicted molar refractivity (Wildman–Crippen MR) is 113 cm³/mol. The number of benzene rings is 2. The summed E-state index contributed by atoms with van der Waals surface area (Å²) in [7, 11) is 2.02. The van der Waals surface area contributed by atoms with E-state index in [0.717, 1.165) is 29.8 Å². The van der Waals surface area contributed by atoms with E-state index in [9.17, 15) is 14.7 Å². The SMILES string of the molecule is CN(Cc1ccccc1NC(=O)N1C[C@@H]2CCC[C@@]2(C(=O)O)C1)c1ccccc1. The summed E-state index contributed by atoms with van der Waals surface area (Å²) in [6.07, 6.45) is 2.48. The molecule has 4 rings (SSSR count). The number of aliphatic carboxylic acids is 1. The fourth-order valence-electron chi connectivity index (χ4n) is 4.80. The second kappa shape index (κ2) is 7.78. The molecule has 6 heteroatoms. The van der Waals surface area contributed by atoms with Gasteiger partial charge in [-0.2, -0.15) is 0 Å². The molecule has 2 atom stereocenters. The van der Waals surface area contributed by atoms with Crippen LogP contribution >= 0.6 is 0 Å². The Bertz CT molecular complexity index is 901. The molecule has 2 aliphatic rings. The van der Waals surface area contributed by atoms with Crippen molar-refractivity contribution in [2.75, 3.05) is 30.4 Å². The van der Waals surface area contributed by atoms with Crippen molar-refractivity contribution >= 4 is 23.4 Å². The molecule has 2 amide bonds. The lowest BCUT2D eigenvalue weighted by atomic mass is 9.81. The first kappa shape index (κ1) is 19.3. The van der Waals surface area contributed by atoms with E-state index in [1.165, 1.54) is 0 Å². The highest BCUT2D eigenvalue weighted by Crippen LogP contribution is 2.49. The van der Waals surface area contributed by atoms with Gasteiger partial charge in [0.2, 0.25) is 0 Å². The van der Waals surface area contributed by atoms with E-state index in [1.807, 2.05) is 49.5 Å². The Balaban J connectivity index is 1.46. The minimum Gasteiger partial charge on any atom is -0.481 e. The fraction of sp³-hybridized carbons (Fsp3) is 0.391. The van der Waals surface area contributed by atoms with Crippen LogP contribution in [0.4, 0.5) is 16.2 Å². The zero-order valence-corrected chi connectivity index (χ0v) is 16.7. The first-order valence-corrected chi connectivity index (χ1v) is 10.1. The number of carbonyl (C=O) groups is 2. The normalized spacial score (nSPS) is 22.9. The van der Waals surface area contributed by atoms with Crippen LogP contribution in [0.5, 0.6) is 0 Å². The molecule has 2 aromatic rings. The molecule has 0 aromatic heterocycles. The summed E-state index contributed by atoms with van der Waals surface area (Å²) in [5.74, 6) is -0.703. The van der Waals surface area contributed by atoms with Crippen LogP contribution in [0.2, 0.25) is 0 Å². The van der Waals surface area contributed by atoms with Gasteiger partial charge >= 0.3 is 12.0 Å². The molecular weight excluding hydrogens is 366 g/mol. The number of hydrogen-bond donors (Lipinski definition) is 2. The van der Waals surface area contributed by atoms with Crippen LogP contribution in [0.15, 0.2) is 54.6 Å². The van der Waals surface area contributed by atoms with Crippen LogP contribution in [0.25, 0.3) is 0 Å². The molecule has 2 N–H and O–H groups in total. The number of urea groups is 1. The maximum atomic E-state index is 12.9. The van der Waals surface area contributed by atoms with Crippen LogP contribution < -0.4 is 10.2 Å². The maximum absolute atomic E-state index is 12.9. The molecule has 0 unspecified atom stereocenters. The number of carboxylic acid groups (broad SMARTS) is 1. The molecule has 1 aliphatic heterocycles. The Morgan fingerprint density at radius 3 is 2.62 bits per heavy atom. The van der Waals surface area contributed by atoms with Crippen LogP contribution in [0.3, 0.4) is 0 Å². The molecule has 1 heterocycles. The van der Waals surface area contributed by atoms with Crippen molar-refractivity contribution in [3.05, 3.63) is 60.2 Å². The summed E-state index contributed by atoms with van der Waals surface area (Å²) in [5.41, 5.74) is 2.12. The third kappa shape index (κ3) is 3.67. The highest BCUT2D eigenvalue weighted by atomic mass is 16.4. The summed E-state index contributed by atoms with van der Waals surface area (Å²) in [6.45, 7) is 1.47. The molecular formula is C23H27N3O3. The summed E-state index contributed by atoms with van der Waals surface area (Å²) in [6, 6.07) is 17.6. The Kier molecular flexibility index (Phi) is 5.18. The number of carbonyl (C=O) groups excluding carboxylic acids is 1. The Labute approximate surface area is 171 Å². The van der Waals surface area contributed by atoms with E-state index in [2.05, 4.69) is 22.3 Å². The first-order valence-electron chi connectivity index (χ1n) is 10.1. The lowest BCUT2D eigenvalue weighted by Gasteiger charge is -2.24. The smallest absolute Gasteiger partial charge is 0.321 e. The predicted octanol–water partition coefficient (Wildman–Crippen LogP) is 4.04. The van der Waals surface area contributed by atoms with Crippen molar-refractivity contribution in [3.63, 3.8) is 0 Å². The average Bonchev–Trinajstić information content (AvgIpc) is 3.29. The second-order valence-corrected chi connectivity index (χ2v) is 8.21. The standard InChI is InChI=1S/C23H27N3O3/c1-25(19-10-3-2-4-11-19)14-17-8-5-6-12-20(17)24-22(29)26-15-18-9-7-13-23(18,16-26)21(27)28/h2-6,8,10-12,18H,7,9,13-16H2,1H3,(H,24,29)(H,27,28)/t18-,23+/m0/s1. The van der Waals surface area contributed by atoms with E-state index in [1.54, 1.807) is 4.90 Å². The van der Waals surface area contributed by atoms with E-state index in [4.69, 9.17) is 0 Å². The van der Waals surface area contributed by atoms with Gasteiger partial charge in [0.25, 0.3) is 0 Å². The summed E-state index contributed by atoms with van der Waals surface area (Å²) in [4.78, 5) is 28.6. The number of hydrogen-bond acceptors (Lipinski definition) is 3. The van der Waals surface area contributed by atoms with Gasteiger partial charge in [-0.1, -0.05) is 42.8 Å². The minimum absolute atomic E-state index is 0.0604. The van der Waals surface area contributed by atoms with Crippen LogP contribution in [0, 0.1) is 11.3 Å². The highest BCUT2D eigenvalue weighted by Gasteiger charge is 2.55. The number of carboxylic acids is 1. The number of nitrogens with zero attached hydrogens (tertiary/aromatic N) is 2. The molecule has 2 aromatic carbocycles. The summed E-state index contributed by atoms with van der Waals surface area (Å²) < 4.78 is 0. The zero-order chi connectivity index (χ0) is 20.4. The van der Waals surface area contributed by atoms with Gasteiger partial charge < -0.3 is 20.2 Å². The van der Waals surface area contributed by atoms with Crippen LogP contribution in [-0.2, 0) is 11.3 Å². The van der Waals surface area contributed by atoms with Crippen LogP contribution in [-0.4, -0.2) is 42.1 Å². The van der Waals surface area contributed by atoms with Gasteiger partial charge in [-0.25, -0.2) is 4.79 Å². The van der Waals surface area contributed by atoms with Gasteiger partial charge in [0.15, 0.2) is 0 Å². The lowest BCUT2D eigenvalue weighted by molar-refractivity contribution is -0.149. The Morgan fingerprint density at radius 1 is 1.17 bits per heavy atom. The van der Waals surface area contributed by atoms with Crippen molar-refractivity contribution in [1.82, 2.24) is 4.90 Å². The molecule has 1 saturated heterocycles. The minimum atomic E-state index is -0.764. The number of anilines is 2. The van der Waals surface area contributed by atoms with Crippen molar-refractivity contribution in [2.45, 2.75) is 25.8 Å². The largest absolute Gasteiger partial charge is 0.481 e. The number of para-hydroxylation sites is 2. The van der Waals surface area contributed by atoms with Gasteiger partial charge in [-0.05, 0) is 42.5 Å². The number of nitrogens with one attached hydrogen (secondary N) is 1. The third-order valence-corrected chi connectivity index (χ3v) is 6.45. The highest BCUT2D eigenvalue weighted by molar-refractivity contribution is 5.91. The van der Waals surface area contributed by atoms with Crippen molar-refractivity contribution < 1.29 is 14.7 Å².